The van der Waals surface area contributed by atoms with Gasteiger partial charge in [-0.3, -0.25) is 9.97 Å². The van der Waals surface area contributed by atoms with Crippen molar-refractivity contribution in [2.45, 2.75) is 6.04 Å². The minimum atomic E-state index is 0.0267. The molecule has 0 bridgehead atoms. The van der Waals surface area contributed by atoms with Crippen LogP contribution in [0, 0.1) is 0 Å². The van der Waals surface area contributed by atoms with E-state index < -0.39 is 0 Å². The minimum Gasteiger partial charge on any atom is -0.497 e. The predicted octanol–water partition coefficient (Wildman–Crippen LogP) is 1.79. The second-order valence-corrected chi connectivity index (χ2v) is 3.63. The van der Waals surface area contributed by atoms with E-state index in [1.807, 2.05) is 31.3 Å². The van der Waals surface area contributed by atoms with Crippen molar-refractivity contribution in [3.05, 3.63) is 54.1 Å². The van der Waals surface area contributed by atoms with E-state index in [-0.39, 0.29) is 6.04 Å². The van der Waals surface area contributed by atoms with Crippen molar-refractivity contribution >= 4 is 0 Å². The highest BCUT2D eigenvalue weighted by atomic mass is 16.5. The molecule has 0 aliphatic carbocycles. The lowest BCUT2D eigenvalue weighted by Crippen LogP contribution is -2.19. The molecule has 1 heterocycles. The Balaban J connectivity index is 2.35. The zero-order valence-corrected chi connectivity index (χ0v) is 9.92. The number of ether oxygens (including phenoxy) is 1. The summed E-state index contributed by atoms with van der Waals surface area (Å²) in [6.45, 7) is 0. The van der Waals surface area contributed by atoms with E-state index >= 15 is 0 Å². The molecule has 1 N–H and O–H groups in total. The van der Waals surface area contributed by atoms with E-state index in [1.54, 1.807) is 25.7 Å². The maximum atomic E-state index is 5.22. The van der Waals surface area contributed by atoms with Crippen LogP contribution < -0.4 is 10.1 Å². The molecule has 4 heteroatoms. The summed E-state index contributed by atoms with van der Waals surface area (Å²) >= 11 is 0. The average Bonchev–Trinajstić information content (AvgIpc) is 2.41. The standard InChI is InChI=1S/C13H15N3O/c1-14-13(12-9-15-6-7-16-12)10-4-3-5-11(8-10)17-2/h3-9,13-14H,1-2H3. The van der Waals surface area contributed by atoms with Crippen LogP contribution >= 0.6 is 0 Å². The summed E-state index contributed by atoms with van der Waals surface area (Å²) in [5.74, 6) is 0.839. The van der Waals surface area contributed by atoms with Gasteiger partial charge in [-0.2, -0.15) is 0 Å². The summed E-state index contributed by atoms with van der Waals surface area (Å²) in [5.41, 5.74) is 2.00. The summed E-state index contributed by atoms with van der Waals surface area (Å²) in [5, 5.41) is 3.23. The SMILES string of the molecule is CNC(c1cccc(OC)c1)c1cnccn1. The molecule has 1 aromatic heterocycles. The van der Waals surface area contributed by atoms with Crippen molar-refractivity contribution in [3.63, 3.8) is 0 Å². The van der Waals surface area contributed by atoms with E-state index in [0.717, 1.165) is 17.0 Å². The van der Waals surface area contributed by atoms with Gasteiger partial charge in [0, 0.05) is 12.4 Å². The Kier molecular flexibility index (Phi) is 3.67. The smallest absolute Gasteiger partial charge is 0.119 e. The fourth-order valence-corrected chi connectivity index (χ4v) is 1.77. The molecule has 0 radical (unpaired) electrons. The largest absolute Gasteiger partial charge is 0.497 e. The van der Waals surface area contributed by atoms with Gasteiger partial charge >= 0.3 is 0 Å². The molecule has 0 amide bonds. The summed E-state index contributed by atoms with van der Waals surface area (Å²) < 4.78 is 5.22. The van der Waals surface area contributed by atoms with Crippen molar-refractivity contribution in [1.82, 2.24) is 15.3 Å². The number of hydrogen-bond donors (Lipinski definition) is 1. The van der Waals surface area contributed by atoms with E-state index in [4.69, 9.17) is 4.74 Å². The van der Waals surface area contributed by atoms with Crippen LogP contribution in [0.4, 0.5) is 0 Å². The van der Waals surface area contributed by atoms with E-state index in [9.17, 15) is 0 Å². The molecular formula is C13H15N3O. The number of methoxy groups -OCH3 is 1. The molecule has 2 aromatic rings. The molecule has 1 unspecified atom stereocenters. The van der Waals surface area contributed by atoms with Crippen molar-refractivity contribution in [2.75, 3.05) is 14.2 Å². The first-order valence-electron chi connectivity index (χ1n) is 5.42. The first-order valence-corrected chi connectivity index (χ1v) is 5.42. The molecule has 0 spiro atoms. The predicted molar refractivity (Wildman–Crippen MR) is 65.9 cm³/mol. The lowest BCUT2D eigenvalue weighted by Gasteiger charge is -2.16. The summed E-state index contributed by atoms with van der Waals surface area (Å²) in [6, 6.07) is 7.95. The van der Waals surface area contributed by atoms with Gasteiger partial charge in [-0.05, 0) is 24.7 Å². The highest BCUT2D eigenvalue weighted by molar-refractivity contribution is 5.34. The van der Waals surface area contributed by atoms with Crippen molar-refractivity contribution in [1.29, 1.82) is 0 Å². The van der Waals surface area contributed by atoms with Gasteiger partial charge in [-0.25, -0.2) is 0 Å². The lowest BCUT2D eigenvalue weighted by atomic mass is 10.0. The fraction of sp³-hybridized carbons (Fsp3) is 0.231. The second-order valence-electron chi connectivity index (χ2n) is 3.63. The van der Waals surface area contributed by atoms with E-state index in [0.29, 0.717) is 0 Å². The third kappa shape index (κ3) is 2.60. The summed E-state index contributed by atoms with van der Waals surface area (Å²) in [7, 11) is 3.56. The maximum Gasteiger partial charge on any atom is 0.119 e. The Morgan fingerprint density at radius 2 is 2.18 bits per heavy atom. The second kappa shape index (κ2) is 5.41. The van der Waals surface area contributed by atoms with Gasteiger partial charge in [-0.15, -0.1) is 0 Å². The topological polar surface area (TPSA) is 47.0 Å². The minimum absolute atomic E-state index is 0.0267. The first kappa shape index (κ1) is 11.5. The molecule has 17 heavy (non-hydrogen) atoms. The molecule has 0 aliphatic heterocycles. The zero-order valence-electron chi connectivity index (χ0n) is 9.92. The molecule has 88 valence electrons. The molecule has 0 saturated heterocycles. The highest BCUT2D eigenvalue weighted by Gasteiger charge is 2.13. The zero-order chi connectivity index (χ0) is 12.1. The van der Waals surface area contributed by atoms with Gasteiger partial charge in [-0.1, -0.05) is 12.1 Å². The third-order valence-corrected chi connectivity index (χ3v) is 2.59. The summed E-state index contributed by atoms with van der Waals surface area (Å²) in [4.78, 5) is 8.40. The van der Waals surface area contributed by atoms with Crippen LogP contribution in [0.5, 0.6) is 5.75 Å². The number of rotatable bonds is 4. The Morgan fingerprint density at radius 1 is 1.29 bits per heavy atom. The number of hydrogen-bond acceptors (Lipinski definition) is 4. The number of nitrogens with zero attached hydrogens (tertiary/aromatic N) is 2. The van der Waals surface area contributed by atoms with Gasteiger partial charge in [0.25, 0.3) is 0 Å². The monoisotopic (exact) mass is 229 g/mol. The third-order valence-electron chi connectivity index (χ3n) is 2.59. The average molecular weight is 229 g/mol. The van der Waals surface area contributed by atoms with Crippen LogP contribution in [0.15, 0.2) is 42.9 Å². The van der Waals surface area contributed by atoms with Crippen LogP contribution in [0.2, 0.25) is 0 Å². The Hall–Kier alpha value is -1.94. The van der Waals surface area contributed by atoms with E-state index in [1.165, 1.54) is 0 Å². The first-order chi connectivity index (χ1) is 8.35. The number of benzene rings is 1. The van der Waals surface area contributed by atoms with E-state index in [2.05, 4.69) is 15.3 Å². The molecule has 1 aromatic carbocycles. The highest BCUT2D eigenvalue weighted by Crippen LogP contribution is 2.22. The molecular weight excluding hydrogens is 214 g/mol. The summed E-state index contributed by atoms with van der Waals surface area (Å²) in [6.07, 6.45) is 5.13. The molecule has 1 atom stereocenters. The molecule has 0 saturated carbocycles. The van der Waals surface area contributed by atoms with Crippen LogP contribution in [0.1, 0.15) is 17.3 Å². The number of aromatic nitrogens is 2. The Morgan fingerprint density at radius 3 is 2.82 bits per heavy atom. The van der Waals surface area contributed by atoms with Gasteiger partial charge in [0.05, 0.1) is 25.0 Å². The lowest BCUT2D eigenvalue weighted by molar-refractivity contribution is 0.413. The van der Waals surface area contributed by atoms with Crippen LogP contribution in [0.25, 0.3) is 0 Å². The normalized spacial score (nSPS) is 12.1. The van der Waals surface area contributed by atoms with Gasteiger partial charge in [0.2, 0.25) is 0 Å². The molecule has 0 aliphatic rings. The van der Waals surface area contributed by atoms with Crippen LogP contribution in [-0.2, 0) is 0 Å². The Labute approximate surface area is 101 Å². The number of nitrogens with one attached hydrogen (secondary N) is 1. The van der Waals surface area contributed by atoms with Crippen molar-refractivity contribution in [3.8, 4) is 5.75 Å². The van der Waals surface area contributed by atoms with Gasteiger partial charge in [0.15, 0.2) is 0 Å². The molecule has 0 fully saturated rings. The van der Waals surface area contributed by atoms with Crippen LogP contribution in [0.3, 0.4) is 0 Å². The van der Waals surface area contributed by atoms with Crippen LogP contribution in [-0.4, -0.2) is 24.1 Å². The Bertz CT molecular complexity index is 473. The maximum absolute atomic E-state index is 5.22. The van der Waals surface area contributed by atoms with Gasteiger partial charge in [0.1, 0.15) is 5.75 Å². The van der Waals surface area contributed by atoms with Crippen molar-refractivity contribution in [2.24, 2.45) is 0 Å². The fourth-order valence-electron chi connectivity index (χ4n) is 1.77. The van der Waals surface area contributed by atoms with Gasteiger partial charge < -0.3 is 10.1 Å². The van der Waals surface area contributed by atoms with Crippen molar-refractivity contribution < 1.29 is 4.74 Å². The molecule has 2 rings (SSSR count). The molecule has 4 nitrogen and oxygen atoms in total. The quantitative estimate of drug-likeness (QED) is 0.868.